The van der Waals surface area contributed by atoms with Crippen molar-refractivity contribution in [1.82, 2.24) is 34.6 Å². The number of piperidine rings is 3. The number of hydrogen-bond donors (Lipinski definition) is 2. The van der Waals surface area contributed by atoms with Crippen LogP contribution in [0.4, 0.5) is 15.9 Å². The number of carbonyl (C=O) groups is 3. The number of anilines is 2. The Balaban J connectivity index is 0.754. The molecule has 1 atom stereocenters. The van der Waals surface area contributed by atoms with Gasteiger partial charge < -0.3 is 19.7 Å². The highest BCUT2D eigenvalue weighted by Gasteiger charge is 2.30. The first kappa shape index (κ1) is 37.5. The maximum atomic E-state index is 15.1. The molecule has 4 aliphatic heterocycles. The monoisotopic (exact) mass is 813 g/mol. The summed E-state index contributed by atoms with van der Waals surface area (Å²) in [5, 5.41) is 6.46. The van der Waals surface area contributed by atoms with Crippen molar-refractivity contribution in [3.63, 3.8) is 0 Å². The molecule has 1 aromatic carbocycles. The summed E-state index contributed by atoms with van der Waals surface area (Å²) in [7, 11) is 2.10. The minimum atomic E-state index is -0.584. The summed E-state index contributed by atoms with van der Waals surface area (Å²) in [6, 6.07) is 13.4. The smallest absolute Gasteiger partial charge is 0.253 e. The second kappa shape index (κ2) is 16.4. The molecule has 4 aliphatic rings. The predicted molar refractivity (Wildman–Crippen MR) is 213 cm³/mol. The molecule has 3 amide bonds. The van der Waals surface area contributed by atoms with Crippen molar-refractivity contribution >= 4 is 56.2 Å². The third-order valence-corrected chi connectivity index (χ3v) is 12.8. The lowest BCUT2D eigenvalue weighted by Crippen LogP contribution is -2.49. The van der Waals surface area contributed by atoms with Crippen LogP contribution in [0.15, 0.2) is 59.3 Å². The number of aromatic nitrogens is 3. The number of halogens is 2. The van der Waals surface area contributed by atoms with Crippen molar-refractivity contribution in [3.05, 3.63) is 82.0 Å². The van der Waals surface area contributed by atoms with Gasteiger partial charge in [-0.1, -0.05) is 12.1 Å². The fraction of sp³-hybridized carbons (Fsp3) is 0.488. The maximum Gasteiger partial charge on any atom is 0.253 e. The molecule has 2 N–H and O–H groups in total. The third kappa shape index (κ3) is 8.41. The first-order valence-corrected chi connectivity index (χ1v) is 20.4. The summed E-state index contributed by atoms with van der Waals surface area (Å²) in [4.78, 5) is 54.9. The fourth-order valence-corrected chi connectivity index (χ4v) is 9.14. The molecule has 0 radical (unpaired) electrons. The van der Waals surface area contributed by atoms with E-state index >= 15 is 4.39 Å². The summed E-state index contributed by atoms with van der Waals surface area (Å²) in [6.07, 6.45) is 8.18. The number of carbonyl (C=O) groups excluding carboxylic acids is 3. The summed E-state index contributed by atoms with van der Waals surface area (Å²) in [6.45, 7) is 8.51. The normalized spacial score (nSPS) is 21.0. The van der Waals surface area contributed by atoms with Crippen LogP contribution in [0.2, 0.25) is 0 Å². The lowest BCUT2D eigenvalue weighted by molar-refractivity contribution is -0.133. The zero-order valence-corrected chi connectivity index (χ0v) is 32.9. The average Bonchev–Trinajstić information content (AvgIpc) is 3.52. The Hall–Kier alpha value is -4.40. The van der Waals surface area contributed by atoms with Crippen LogP contribution in [0.5, 0.6) is 0 Å². The highest BCUT2D eigenvalue weighted by Crippen LogP contribution is 2.31. The van der Waals surface area contributed by atoms with Gasteiger partial charge in [0.15, 0.2) is 11.6 Å². The van der Waals surface area contributed by atoms with Crippen molar-refractivity contribution in [2.45, 2.75) is 57.0 Å². The van der Waals surface area contributed by atoms with Gasteiger partial charge in [0.2, 0.25) is 11.8 Å². The van der Waals surface area contributed by atoms with E-state index in [-0.39, 0.29) is 18.2 Å². The number of rotatable bonds is 9. The molecule has 4 fully saturated rings. The Kier molecular flexibility index (Phi) is 11.2. The van der Waals surface area contributed by atoms with Gasteiger partial charge in [-0.15, -0.1) is 0 Å². The van der Waals surface area contributed by atoms with Gasteiger partial charge in [0.1, 0.15) is 11.7 Å². The molecule has 3 aromatic heterocycles. The van der Waals surface area contributed by atoms with Crippen LogP contribution in [0.3, 0.4) is 0 Å². The highest BCUT2D eigenvalue weighted by molar-refractivity contribution is 9.10. The molecular formula is C41H49BrFN9O3. The van der Waals surface area contributed by atoms with Crippen LogP contribution in [-0.4, -0.2) is 112 Å². The van der Waals surface area contributed by atoms with E-state index in [1.165, 1.54) is 17.3 Å². The van der Waals surface area contributed by atoms with Crippen molar-refractivity contribution < 1.29 is 18.8 Å². The molecule has 0 saturated carbocycles. The van der Waals surface area contributed by atoms with Crippen LogP contribution in [0.25, 0.3) is 11.0 Å². The number of nitrogens with zero attached hydrogens (tertiary/aromatic N) is 7. The third-order valence-electron chi connectivity index (χ3n) is 12.1. The molecule has 12 nitrogen and oxygen atoms in total. The SMILES string of the molecule is Cn1c(CN2CCC(c3ccc(C(=O)N4CCC(CN5CCN(c6ncc(NC7CCC(=O)NC7=O)cc6F)CC5)CC4)cc3)CC2)cc2c(Br)ccnc21. The van der Waals surface area contributed by atoms with E-state index in [2.05, 4.69) is 76.1 Å². The molecule has 4 saturated heterocycles. The standard InChI is InChI=1S/C41H49BrFN9O3/c1-48-32(23-33-34(42)8-13-44-38(33)48)26-49-14-11-29(12-15-49)28-2-4-30(5-3-28)41(55)52-16-9-27(10-17-52)25-50-18-20-51(21-19-50)39-35(43)22-31(24-45-39)46-36-6-7-37(53)47-40(36)54/h2-5,8,13,22-24,27,29,36,46H,6-7,9-12,14-21,25-26H2,1H3,(H,47,53,54). The lowest BCUT2D eigenvalue weighted by atomic mass is 9.88. The molecule has 1 unspecified atom stereocenters. The Morgan fingerprint density at radius 3 is 2.35 bits per heavy atom. The summed E-state index contributed by atoms with van der Waals surface area (Å²) < 4.78 is 18.4. The van der Waals surface area contributed by atoms with E-state index in [1.54, 1.807) is 6.20 Å². The van der Waals surface area contributed by atoms with Gasteiger partial charge in [-0.25, -0.2) is 14.4 Å². The van der Waals surface area contributed by atoms with Crippen LogP contribution in [0, 0.1) is 11.7 Å². The molecule has 55 heavy (non-hydrogen) atoms. The molecule has 14 heteroatoms. The topological polar surface area (TPSA) is 119 Å². The quantitative estimate of drug-likeness (QED) is 0.222. The van der Waals surface area contributed by atoms with Crippen molar-refractivity contribution in [2.75, 3.05) is 69.1 Å². The van der Waals surface area contributed by atoms with Crippen LogP contribution in [-0.2, 0) is 23.2 Å². The van der Waals surface area contributed by atoms with Crippen LogP contribution in [0.1, 0.15) is 66.1 Å². The molecule has 290 valence electrons. The average molecular weight is 815 g/mol. The van der Waals surface area contributed by atoms with Gasteiger partial charge in [-0.3, -0.25) is 29.5 Å². The van der Waals surface area contributed by atoms with Crippen molar-refractivity contribution in [2.24, 2.45) is 13.0 Å². The van der Waals surface area contributed by atoms with Crippen molar-refractivity contribution in [3.8, 4) is 0 Å². The Labute approximate surface area is 329 Å². The highest BCUT2D eigenvalue weighted by atomic mass is 79.9. The first-order chi connectivity index (χ1) is 26.7. The van der Waals surface area contributed by atoms with Gasteiger partial charge in [0.25, 0.3) is 5.91 Å². The van der Waals surface area contributed by atoms with E-state index in [0.717, 1.165) is 99.1 Å². The summed E-state index contributed by atoms with van der Waals surface area (Å²) in [5.74, 6) is 0.349. The minimum absolute atomic E-state index is 0.123. The van der Waals surface area contributed by atoms with Crippen molar-refractivity contribution in [1.29, 1.82) is 0 Å². The van der Waals surface area contributed by atoms with E-state index < -0.39 is 17.8 Å². The number of pyridine rings is 2. The number of hydrogen-bond acceptors (Lipinski definition) is 9. The van der Waals surface area contributed by atoms with Gasteiger partial charge in [0.05, 0.1) is 11.9 Å². The molecule has 0 spiro atoms. The number of imide groups is 1. The number of benzene rings is 1. The predicted octanol–water partition coefficient (Wildman–Crippen LogP) is 5.14. The number of aryl methyl sites for hydroxylation is 1. The Bertz CT molecular complexity index is 2030. The Morgan fingerprint density at radius 2 is 1.65 bits per heavy atom. The molecule has 4 aromatic rings. The van der Waals surface area contributed by atoms with E-state index in [0.29, 0.717) is 42.9 Å². The van der Waals surface area contributed by atoms with E-state index in [1.807, 2.05) is 34.2 Å². The van der Waals surface area contributed by atoms with Crippen LogP contribution < -0.4 is 15.5 Å². The summed E-state index contributed by atoms with van der Waals surface area (Å²) in [5.41, 5.74) is 4.80. The zero-order chi connectivity index (χ0) is 38.1. The molecule has 7 heterocycles. The summed E-state index contributed by atoms with van der Waals surface area (Å²) >= 11 is 3.66. The van der Waals surface area contributed by atoms with Crippen LogP contribution >= 0.6 is 15.9 Å². The number of nitrogens with one attached hydrogen (secondary N) is 2. The number of piperazine rings is 1. The van der Waals surface area contributed by atoms with Gasteiger partial charge in [-0.05, 0) is 103 Å². The second-order valence-corrected chi connectivity index (χ2v) is 16.5. The largest absolute Gasteiger partial charge is 0.372 e. The number of likely N-dealkylation sites (tertiary alicyclic amines) is 2. The van der Waals surface area contributed by atoms with Gasteiger partial charge in [-0.2, -0.15) is 0 Å². The fourth-order valence-electron chi connectivity index (χ4n) is 8.73. The second-order valence-electron chi connectivity index (χ2n) is 15.6. The Morgan fingerprint density at radius 1 is 0.909 bits per heavy atom. The van der Waals surface area contributed by atoms with E-state index in [4.69, 9.17) is 0 Å². The molecule has 0 bridgehead atoms. The molecule has 0 aliphatic carbocycles. The molecular weight excluding hydrogens is 765 g/mol. The number of fused-ring (bicyclic) bond motifs is 1. The lowest BCUT2D eigenvalue weighted by Gasteiger charge is -2.39. The maximum absolute atomic E-state index is 15.1. The first-order valence-electron chi connectivity index (χ1n) is 19.6. The minimum Gasteiger partial charge on any atom is -0.372 e. The van der Waals surface area contributed by atoms with Gasteiger partial charge >= 0.3 is 0 Å². The van der Waals surface area contributed by atoms with Gasteiger partial charge in [0, 0.05) is 99.2 Å². The molecule has 8 rings (SSSR count). The number of amides is 3. The zero-order valence-electron chi connectivity index (χ0n) is 31.4. The van der Waals surface area contributed by atoms with E-state index in [9.17, 15) is 14.4 Å².